The third kappa shape index (κ3) is 3.57. The van der Waals surface area contributed by atoms with E-state index in [9.17, 15) is 0 Å². The molecular formula is C13H23N5. The smallest absolute Gasteiger partial charge is 0.132 e. The number of nitrogens with one attached hydrogen (secondary N) is 1. The Labute approximate surface area is 109 Å². The van der Waals surface area contributed by atoms with Crippen LogP contribution in [0.25, 0.3) is 0 Å². The highest BCUT2D eigenvalue weighted by molar-refractivity contribution is 5.44. The number of anilines is 2. The molecule has 2 rings (SSSR count). The maximum Gasteiger partial charge on any atom is 0.132 e. The molecule has 1 saturated heterocycles. The topological polar surface area (TPSA) is 67.1 Å². The highest BCUT2D eigenvalue weighted by Gasteiger charge is 2.16. The fourth-order valence-electron chi connectivity index (χ4n) is 2.28. The van der Waals surface area contributed by atoms with Gasteiger partial charge in [-0.15, -0.1) is 0 Å². The molecule has 5 nitrogen and oxygen atoms in total. The predicted molar refractivity (Wildman–Crippen MR) is 74.5 cm³/mol. The molecule has 1 aliphatic heterocycles. The van der Waals surface area contributed by atoms with Crippen LogP contribution in [0.5, 0.6) is 0 Å². The van der Waals surface area contributed by atoms with Crippen LogP contribution in [0.1, 0.15) is 25.6 Å². The van der Waals surface area contributed by atoms with Crippen molar-refractivity contribution in [3.8, 4) is 0 Å². The molecule has 0 atom stereocenters. The van der Waals surface area contributed by atoms with E-state index >= 15 is 0 Å². The number of rotatable bonds is 4. The van der Waals surface area contributed by atoms with Crippen molar-refractivity contribution >= 4 is 11.6 Å². The lowest BCUT2D eigenvalue weighted by Crippen LogP contribution is -2.33. The maximum atomic E-state index is 5.76. The van der Waals surface area contributed by atoms with Crippen molar-refractivity contribution in [1.82, 2.24) is 14.9 Å². The van der Waals surface area contributed by atoms with Crippen molar-refractivity contribution in [2.24, 2.45) is 5.92 Å². The maximum absolute atomic E-state index is 5.76. The Morgan fingerprint density at radius 3 is 2.78 bits per heavy atom. The summed E-state index contributed by atoms with van der Waals surface area (Å²) in [7, 11) is 2.18. The molecule has 5 heteroatoms. The molecule has 0 saturated carbocycles. The highest BCUT2D eigenvalue weighted by Crippen LogP contribution is 2.17. The van der Waals surface area contributed by atoms with Crippen LogP contribution in [-0.4, -0.2) is 41.5 Å². The predicted octanol–water partition coefficient (Wildman–Crippen LogP) is 1.37. The molecule has 0 bridgehead atoms. The van der Waals surface area contributed by atoms with Crippen LogP contribution >= 0.6 is 0 Å². The Bertz CT molecular complexity index is 385. The second-order valence-electron chi connectivity index (χ2n) is 5.08. The van der Waals surface area contributed by atoms with Gasteiger partial charge in [0.1, 0.15) is 17.5 Å². The van der Waals surface area contributed by atoms with Crippen LogP contribution < -0.4 is 11.1 Å². The zero-order valence-corrected chi connectivity index (χ0v) is 11.3. The Balaban J connectivity index is 1.88. The van der Waals surface area contributed by atoms with Gasteiger partial charge in [0.2, 0.25) is 0 Å². The van der Waals surface area contributed by atoms with E-state index in [1.54, 1.807) is 0 Å². The van der Waals surface area contributed by atoms with Crippen LogP contribution in [0.3, 0.4) is 0 Å². The van der Waals surface area contributed by atoms with E-state index in [1.165, 1.54) is 25.9 Å². The lowest BCUT2D eigenvalue weighted by atomic mass is 9.97. The summed E-state index contributed by atoms with van der Waals surface area (Å²) in [5, 5.41) is 3.40. The Kier molecular flexibility index (Phi) is 4.36. The van der Waals surface area contributed by atoms with E-state index in [0.717, 1.165) is 30.5 Å². The molecule has 0 amide bonds. The fraction of sp³-hybridized carbons (Fsp3) is 0.692. The van der Waals surface area contributed by atoms with E-state index in [2.05, 4.69) is 27.2 Å². The first-order chi connectivity index (χ1) is 8.67. The molecule has 3 N–H and O–H groups in total. The summed E-state index contributed by atoms with van der Waals surface area (Å²) >= 11 is 0. The van der Waals surface area contributed by atoms with Crippen LogP contribution in [0.2, 0.25) is 0 Å². The minimum atomic E-state index is 0.549. The third-order valence-electron chi connectivity index (χ3n) is 3.52. The second kappa shape index (κ2) is 6.00. The van der Waals surface area contributed by atoms with Crippen LogP contribution in [-0.2, 0) is 6.42 Å². The van der Waals surface area contributed by atoms with Crippen LogP contribution in [0.15, 0.2) is 6.07 Å². The summed E-state index contributed by atoms with van der Waals surface area (Å²) in [6.45, 7) is 5.40. The number of hydrogen-bond donors (Lipinski definition) is 2. The number of likely N-dealkylation sites (tertiary alicyclic amines) is 1. The number of aryl methyl sites for hydroxylation is 1. The number of aromatic nitrogens is 2. The van der Waals surface area contributed by atoms with Crippen molar-refractivity contribution in [2.45, 2.75) is 26.2 Å². The average Bonchev–Trinajstić information content (AvgIpc) is 2.37. The zero-order chi connectivity index (χ0) is 13.0. The van der Waals surface area contributed by atoms with Gasteiger partial charge in [0.05, 0.1) is 0 Å². The Morgan fingerprint density at radius 1 is 1.39 bits per heavy atom. The number of nitrogens with two attached hydrogens (primary N) is 1. The number of piperidine rings is 1. The first kappa shape index (κ1) is 13.1. The molecule has 0 aromatic carbocycles. The van der Waals surface area contributed by atoms with E-state index in [4.69, 9.17) is 5.73 Å². The minimum absolute atomic E-state index is 0.549. The van der Waals surface area contributed by atoms with E-state index in [0.29, 0.717) is 5.82 Å². The van der Waals surface area contributed by atoms with E-state index in [1.807, 2.05) is 13.0 Å². The highest BCUT2D eigenvalue weighted by atomic mass is 15.1. The molecule has 1 aromatic heterocycles. The van der Waals surface area contributed by atoms with Gasteiger partial charge in [-0.1, -0.05) is 6.92 Å². The van der Waals surface area contributed by atoms with Gasteiger partial charge in [0.25, 0.3) is 0 Å². The third-order valence-corrected chi connectivity index (χ3v) is 3.52. The summed E-state index contributed by atoms with van der Waals surface area (Å²) in [4.78, 5) is 11.0. The quantitative estimate of drug-likeness (QED) is 0.843. The molecule has 18 heavy (non-hydrogen) atoms. The minimum Gasteiger partial charge on any atom is -0.384 e. The summed E-state index contributed by atoms with van der Waals surface area (Å²) in [6.07, 6.45) is 3.32. The molecular weight excluding hydrogens is 226 g/mol. The summed E-state index contributed by atoms with van der Waals surface area (Å²) < 4.78 is 0. The van der Waals surface area contributed by atoms with Crippen molar-refractivity contribution in [1.29, 1.82) is 0 Å². The second-order valence-corrected chi connectivity index (χ2v) is 5.08. The summed E-state index contributed by atoms with van der Waals surface area (Å²) in [5.74, 6) is 2.95. The van der Waals surface area contributed by atoms with Crippen molar-refractivity contribution in [3.63, 3.8) is 0 Å². The average molecular weight is 249 g/mol. The molecule has 0 unspecified atom stereocenters. The molecule has 0 spiro atoms. The Morgan fingerprint density at radius 2 is 2.11 bits per heavy atom. The van der Waals surface area contributed by atoms with Crippen LogP contribution in [0.4, 0.5) is 11.6 Å². The lowest BCUT2D eigenvalue weighted by Gasteiger charge is -2.29. The van der Waals surface area contributed by atoms with Crippen LogP contribution in [0, 0.1) is 5.92 Å². The summed E-state index contributed by atoms with van der Waals surface area (Å²) in [5.41, 5.74) is 5.76. The fourth-order valence-corrected chi connectivity index (χ4v) is 2.28. The van der Waals surface area contributed by atoms with Crippen molar-refractivity contribution in [3.05, 3.63) is 11.9 Å². The van der Waals surface area contributed by atoms with E-state index in [-0.39, 0.29) is 0 Å². The number of nitrogens with zero attached hydrogens (tertiary/aromatic N) is 3. The van der Waals surface area contributed by atoms with Gasteiger partial charge in [-0.2, -0.15) is 0 Å². The van der Waals surface area contributed by atoms with Crippen molar-refractivity contribution in [2.75, 3.05) is 37.7 Å². The molecule has 1 aliphatic rings. The van der Waals surface area contributed by atoms with Crippen molar-refractivity contribution < 1.29 is 0 Å². The van der Waals surface area contributed by atoms with Gasteiger partial charge < -0.3 is 16.0 Å². The molecule has 100 valence electrons. The molecule has 1 fully saturated rings. The molecule has 0 aliphatic carbocycles. The van der Waals surface area contributed by atoms with Gasteiger partial charge in [-0.05, 0) is 38.9 Å². The first-order valence-corrected chi connectivity index (χ1v) is 6.73. The zero-order valence-electron chi connectivity index (χ0n) is 11.3. The largest absolute Gasteiger partial charge is 0.384 e. The monoisotopic (exact) mass is 249 g/mol. The van der Waals surface area contributed by atoms with E-state index < -0.39 is 0 Å². The number of nitrogen functional groups attached to an aromatic ring is 1. The SMILES string of the molecule is CCc1nc(N)cc(NCC2CCN(C)CC2)n1. The van der Waals surface area contributed by atoms with Gasteiger partial charge in [-0.25, -0.2) is 9.97 Å². The molecule has 1 aromatic rings. The summed E-state index contributed by atoms with van der Waals surface area (Å²) in [6, 6.07) is 1.81. The molecule has 0 radical (unpaired) electrons. The molecule has 2 heterocycles. The van der Waals surface area contributed by atoms with Gasteiger partial charge in [-0.3, -0.25) is 0 Å². The normalized spacial score (nSPS) is 17.9. The Hall–Kier alpha value is -1.36. The van der Waals surface area contributed by atoms with Gasteiger partial charge in [0.15, 0.2) is 0 Å². The number of hydrogen-bond acceptors (Lipinski definition) is 5. The lowest BCUT2D eigenvalue weighted by molar-refractivity contribution is 0.226. The first-order valence-electron chi connectivity index (χ1n) is 6.73. The van der Waals surface area contributed by atoms with Gasteiger partial charge in [0, 0.05) is 19.0 Å². The standard InChI is InChI=1S/C13H23N5/c1-3-12-16-11(14)8-13(17-12)15-9-10-4-6-18(2)7-5-10/h8,10H,3-7,9H2,1-2H3,(H3,14,15,16,17). The van der Waals surface area contributed by atoms with Gasteiger partial charge >= 0.3 is 0 Å².